The van der Waals surface area contributed by atoms with Crippen LogP contribution in [0.3, 0.4) is 0 Å². The maximum Gasteiger partial charge on any atom is 0.274 e. The lowest BCUT2D eigenvalue weighted by atomic mass is 9.89. The average molecular weight is 492 g/mol. The Hall–Kier alpha value is -4.82. The second-order valence-corrected chi connectivity index (χ2v) is 8.90. The summed E-state index contributed by atoms with van der Waals surface area (Å²) in [5.74, 6) is -1.92. The van der Waals surface area contributed by atoms with E-state index in [0.717, 1.165) is 16.0 Å². The minimum atomic E-state index is -1.11. The Labute approximate surface area is 212 Å². The van der Waals surface area contributed by atoms with Gasteiger partial charge in [0.2, 0.25) is 5.91 Å². The predicted octanol–water partition coefficient (Wildman–Crippen LogP) is 5.31. The molecule has 4 aromatic rings. The number of para-hydroxylation sites is 2. The van der Waals surface area contributed by atoms with Gasteiger partial charge in [-0.05, 0) is 41.5 Å². The van der Waals surface area contributed by atoms with Crippen molar-refractivity contribution in [1.29, 1.82) is 0 Å². The van der Waals surface area contributed by atoms with Crippen LogP contribution in [-0.4, -0.2) is 22.8 Å². The Balaban J connectivity index is 1.44. The van der Waals surface area contributed by atoms with Gasteiger partial charge in [0, 0.05) is 6.07 Å². The van der Waals surface area contributed by atoms with E-state index in [2.05, 4.69) is 0 Å². The van der Waals surface area contributed by atoms with Crippen molar-refractivity contribution < 1.29 is 19.3 Å². The number of benzene rings is 4. The number of carbonyl (C=O) groups excluding carboxylic acids is 2. The second kappa shape index (κ2) is 9.00. The van der Waals surface area contributed by atoms with Crippen LogP contribution in [0.15, 0.2) is 109 Å². The molecule has 4 aromatic carbocycles. The summed E-state index contributed by atoms with van der Waals surface area (Å²) in [6, 6.07) is 31.2. The average Bonchev–Trinajstić information content (AvgIpc) is 3.45. The van der Waals surface area contributed by atoms with E-state index < -0.39 is 34.8 Å². The lowest BCUT2D eigenvalue weighted by Crippen LogP contribution is -2.37. The molecule has 2 amide bonds. The standard InChI is InChI=1S/C29H21N3O5/c33-28-25-26(23-16-7-8-17-24(23)32(35)36)31(21-13-5-2-6-14-21)37-27(25)29(34)30(28)22-15-9-12-20(18-22)19-10-3-1-4-11-19/h1-18,25-27H/t25-,26-,27-/m1/s1. The number of hydrogen-bond acceptors (Lipinski definition) is 6. The Morgan fingerprint density at radius 3 is 2.05 bits per heavy atom. The van der Waals surface area contributed by atoms with E-state index in [9.17, 15) is 19.7 Å². The topological polar surface area (TPSA) is 93.0 Å². The summed E-state index contributed by atoms with van der Waals surface area (Å²) in [5.41, 5.74) is 3.01. The van der Waals surface area contributed by atoms with E-state index >= 15 is 0 Å². The third kappa shape index (κ3) is 3.75. The highest BCUT2D eigenvalue weighted by atomic mass is 16.7. The van der Waals surface area contributed by atoms with Crippen LogP contribution in [0.4, 0.5) is 17.1 Å². The van der Waals surface area contributed by atoms with Crippen LogP contribution in [0.25, 0.3) is 11.1 Å². The van der Waals surface area contributed by atoms with E-state index in [4.69, 9.17) is 4.84 Å². The van der Waals surface area contributed by atoms with E-state index in [1.54, 1.807) is 60.7 Å². The van der Waals surface area contributed by atoms with Gasteiger partial charge in [0.15, 0.2) is 6.10 Å². The van der Waals surface area contributed by atoms with Crippen LogP contribution in [0.5, 0.6) is 0 Å². The molecule has 182 valence electrons. The zero-order valence-corrected chi connectivity index (χ0v) is 19.5. The molecule has 6 rings (SSSR count). The number of nitro benzene ring substituents is 1. The van der Waals surface area contributed by atoms with Gasteiger partial charge in [-0.2, -0.15) is 0 Å². The van der Waals surface area contributed by atoms with E-state index in [1.807, 2.05) is 42.5 Å². The Morgan fingerprint density at radius 1 is 0.703 bits per heavy atom. The van der Waals surface area contributed by atoms with Gasteiger partial charge in [-0.25, -0.2) is 9.96 Å². The number of rotatable bonds is 5. The van der Waals surface area contributed by atoms with E-state index in [-0.39, 0.29) is 5.69 Å². The maximum atomic E-state index is 13.9. The number of hydrogen-bond donors (Lipinski definition) is 0. The third-order valence-corrected chi connectivity index (χ3v) is 6.79. The number of amides is 2. The summed E-state index contributed by atoms with van der Waals surface area (Å²) < 4.78 is 0. The zero-order chi connectivity index (χ0) is 25.5. The van der Waals surface area contributed by atoms with Crippen LogP contribution in [-0.2, 0) is 14.4 Å². The molecular formula is C29H21N3O5. The fourth-order valence-corrected chi connectivity index (χ4v) is 5.14. The van der Waals surface area contributed by atoms with Gasteiger partial charge in [-0.1, -0.05) is 72.8 Å². The molecule has 8 nitrogen and oxygen atoms in total. The van der Waals surface area contributed by atoms with Gasteiger partial charge in [0.25, 0.3) is 11.6 Å². The van der Waals surface area contributed by atoms with Gasteiger partial charge in [0.05, 0.1) is 21.9 Å². The van der Waals surface area contributed by atoms with Crippen molar-refractivity contribution in [2.45, 2.75) is 12.1 Å². The molecule has 37 heavy (non-hydrogen) atoms. The summed E-state index contributed by atoms with van der Waals surface area (Å²) in [6.45, 7) is 0. The van der Waals surface area contributed by atoms with Gasteiger partial charge in [-0.3, -0.25) is 24.5 Å². The highest BCUT2D eigenvalue weighted by Gasteiger charge is 2.61. The fourth-order valence-electron chi connectivity index (χ4n) is 5.14. The van der Waals surface area contributed by atoms with Crippen LogP contribution < -0.4 is 9.96 Å². The first-order valence-electron chi connectivity index (χ1n) is 11.8. The van der Waals surface area contributed by atoms with Crippen LogP contribution >= 0.6 is 0 Å². The molecule has 0 spiro atoms. The van der Waals surface area contributed by atoms with Gasteiger partial charge in [-0.15, -0.1) is 0 Å². The van der Waals surface area contributed by atoms with Crippen molar-refractivity contribution >= 4 is 28.9 Å². The first-order chi connectivity index (χ1) is 18.0. The molecule has 2 aliphatic heterocycles. The highest BCUT2D eigenvalue weighted by Crippen LogP contribution is 2.49. The fraction of sp³-hybridized carbons (Fsp3) is 0.103. The monoisotopic (exact) mass is 491 g/mol. The normalized spacial score (nSPS) is 20.8. The Kier molecular flexibility index (Phi) is 5.50. The Morgan fingerprint density at radius 2 is 1.32 bits per heavy atom. The van der Waals surface area contributed by atoms with Gasteiger partial charge < -0.3 is 0 Å². The molecule has 3 atom stereocenters. The summed E-state index contributed by atoms with van der Waals surface area (Å²) in [6.07, 6.45) is -1.11. The zero-order valence-electron chi connectivity index (χ0n) is 19.5. The molecule has 2 saturated heterocycles. The van der Waals surface area contributed by atoms with Gasteiger partial charge in [0.1, 0.15) is 12.0 Å². The second-order valence-electron chi connectivity index (χ2n) is 8.90. The Bertz CT molecular complexity index is 1510. The van der Waals surface area contributed by atoms with Crippen molar-refractivity contribution in [3.05, 3.63) is 125 Å². The van der Waals surface area contributed by atoms with Crippen molar-refractivity contribution in [3.8, 4) is 11.1 Å². The number of anilines is 2. The third-order valence-electron chi connectivity index (χ3n) is 6.79. The lowest BCUT2D eigenvalue weighted by Gasteiger charge is -2.28. The molecule has 0 N–H and O–H groups in total. The summed E-state index contributed by atoms with van der Waals surface area (Å²) >= 11 is 0. The van der Waals surface area contributed by atoms with Crippen molar-refractivity contribution in [1.82, 2.24) is 0 Å². The van der Waals surface area contributed by atoms with Crippen LogP contribution in [0.1, 0.15) is 11.6 Å². The van der Waals surface area contributed by atoms with E-state index in [0.29, 0.717) is 16.9 Å². The molecule has 2 fully saturated rings. The highest BCUT2D eigenvalue weighted by molar-refractivity contribution is 6.24. The molecule has 0 radical (unpaired) electrons. The summed E-state index contributed by atoms with van der Waals surface area (Å²) in [4.78, 5) is 46.2. The number of hydroxylamine groups is 1. The SMILES string of the molecule is O=C1[C@@H]2[C@@H](c3ccccc3[N+](=O)[O-])N(c3ccccc3)O[C@H]2C(=O)N1c1cccc(-c2ccccc2)c1. The molecule has 0 aromatic heterocycles. The molecular weight excluding hydrogens is 470 g/mol. The number of nitrogens with zero attached hydrogens (tertiary/aromatic N) is 3. The number of nitro groups is 1. The molecule has 0 bridgehead atoms. The first-order valence-corrected chi connectivity index (χ1v) is 11.8. The largest absolute Gasteiger partial charge is 0.274 e. The molecule has 2 aliphatic rings. The smallest absolute Gasteiger partial charge is 0.273 e. The molecule has 2 heterocycles. The minimum absolute atomic E-state index is 0.137. The lowest BCUT2D eigenvalue weighted by molar-refractivity contribution is -0.385. The quantitative estimate of drug-likeness (QED) is 0.213. The van der Waals surface area contributed by atoms with Crippen molar-refractivity contribution in [2.75, 3.05) is 9.96 Å². The number of fused-ring (bicyclic) bond motifs is 1. The van der Waals surface area contributed by atoms with Crippen LogP contribution in [0, 0.1) is 16.0 Å². The molecule has 0 aliphatic carbocycles. The molecule has 0 unspecified atom stereocenters. The first kappa shape index (κ1) is 22.6. The van der Waals surface area contributed by atoms with Crippen molar-refractivity contribution in [3.63, 3.8) is 0 Å². The van der Waals surface area contributed by atoms with Crippen LogP contribution in [0.2, 0.25) is 0 Å². The van der Waals surface area contributed by atoms with Crippen molar-refractivity contribution in [2.24, 2.45) is 5.92 Å². The predicted molar refractivity (Wildman–Crippen MR) is 137 cm³/mol. The number of imide groups is 1. The maximum absolute atomic E-state index is 13.9. The molecule has 8 heteroatoms. The number of carbonyl (C=O) groups is 2. The van der Waals surface area contributed by atoms with E-state index in [1.165, 1.54) is 11.1 Å². The molecule has 0 saturated carbocycles. The minimum Gasteiger partial charge on any atom is -0.273 e. The van der Waals surface area contributed by atoms with Gasteiger partial charge >= 0.3 is 0 Å². The summed E-state index contributed by atoms with van der Waals surface area (Å²) in [7, 11) is 0. The summed E-state index contributed by atoms with van der Waals surface area (Å²) in [5, 5.41) is 13.4.